The Kier molecular flexibility index (Phi) is 1.29. The molecule has 2 aliphatic carbocycles. The summed E-state index contributed by atoms with van der Waals surface area (Å²) in [6, 6.07) is -0.0255. The van der Waals surface area contributed by atoms with Crippen LogP contribution in [0.1, 0.15) is 6.42 Å². The van der Waals surface area contributed by atoms with Crippen molar-refractivity contribution in [3.8, 4) is 0 Å². The molecule has 0 heterocycles. The highest BCUT2D eigenvalue weighted by Gasteiger charge is 2.45. The number of nitrogens with two attached hydrogens (primary N) is 2. The molecule has 3 nitrogen and oxygen atoms in total. The van der Waals surface area contributed by atoms with E-state index in [0.29, 0.717) is 11.8 Å². The minimum absolute atomic E-state index is 0.0255. The summed E-state index contributed by atoms with van der Waals surface area (Å²) in [5.41, 5.74) is 11.0. The topological polar surface area (TPSA) is 69.1 Å². The summed E-state index contributed by atoms with van der Waals surface area (Å²) in [6.45, 7) is 0. The lowest BCUT2D eigenvalue weighted by Crippen LogP contribution is -2.41. The molecule has 3 heteroatoms. The van der Waals surface area contributed by atoms with Crippen LogP contribution in [0.3, 0.4) is 0 Å². The molecular formula is C8H12N2O. The van der Waals surface area contributed by atoms with Crippen molar-refractivity contribution < 1.29 is 4.79 Å². The van der Waals surface area contributed by atoms with Gasteiger partial charge < -0.3 is 11.5 Å². The van der Waals surface area contributed by atoms with Crippen LogP contribution in [-0.2, 0) is 4.79 Å². The van der Waals surface area contributed by atoms with Gasteiger partial charge in [-0.05, 0) is 18.3 Å². The SMILES string of the molecule is NC(=O)[C@H]1[C@H](N)[C@@H]2C=C[C@@H]1C2. The first kappa shape index (κ1) is 6.85. The van der Waals surface area contributed by atoms with E-state index in [4.69, 9.17) is 11.5 Å². The molecule has 4 atom stereocenters. The van der Waals surface area contributed by atoms with Crippen LogP contribution in [0.25, 0.3) is 0 Å². The zero-order chi connectivity index (χ0) is 8.01. The fraction of sp³-hybridized carbons (Fsp3) is 0.625. The van der Waals surface area contributed by atoms with E-state index in [1.54, 1.807) is 0 Å². The van der Waals surface area contributed by atoms with E-state index >= 15 is 0 Å². The molecule has 0 radical (unpaired) electrons. The van der Waals surface area contributed by atoms with Gasteiger partial charge in [-0.2, -0.15) is 0 Å². The van der Waals surface area contributed by atoms with Crippen molar-refractivity contribution >= 4 is 5.91 Å². The van der Waals surface area contributed by atoms with Gasteiger partial charge >= 0.3 is 0 Å². The minimum atomic E-state index is -0.241. The van der Waals surface area contributed by atoms with Crippen molar-refractivity contribution in [1.82, 2.24) is 0 Å². The van der Waals surface area contributed by atoms with E-state index in [2.05, 4.69) is 12.2 Å². The highest BCUT2D eigenvalue weighted by Crippen LogP contribution is 2.42. The minimum Gasteiger partial charge on any atom is -0.369 e. The first-order valence-corrected chi connectivity index (χ1v) is 3.93. The highest BCUT2D eigenvalue weighted by molar-refractivity contribution is 5.79. The number of primary amides is 1. The van der Waals surface area contributed by atoms with Crippen LogP contribution in [0.5, 0.6) is 0 Å². The Morgan fingerprint density at radius 2 is 2.00 bits per heavy atom. The van der Waals surface area contributed by atoms with Gasteiger partial charge in [0, 0.05) is 6.04 Å². The largest absolute Gasteiger partial charge is 0.369 e. The lowest BCUT2D eigenvalue weighted by atomic mass is 9.89. The molecule has 2 aliphatic rings. The highest BCUT2D eigenvalue weighted by atomic mass is 16.1. The first-order chi connectivity index (χ1) is 5.20. The van der Waals surface area contributed by atoms with Gasteiger partial charge in [0.2, 0.25) is 5.91 Å². The van der Waals surface area contributed by atoms with Crippen molar-refractivity contribution in [1.29, 1.82) is 0 Å². The number of allylic oxidation sites excluding steroid dienone is 1. The molecule has 4 N–H and O–H groups in total. The predicted octanol–water partition coefficient (Wildman–Crippen LogP) is -0.379. The summed E-state index contributed by atoms with van der Waals surface area (Å²) in [6.07, 6.45) is 5.20. The third kappa shape index (κ3) is 0.807. The molecular weight excluding hydrogens is 140 g/mol. The zero-order valence-electron chi connectivity index (χ0n) is 6.23. The standard InChI is InChI=1S/C8H12N2O/c9-7-5-2-1-4(3-5)6(7)8(10)11/h1-2,4-7H,3,9H2,(H2,10,11)/t4-,5-,6-,7-/m1/s1. The third-order valence-electron chi connectivity index (χ3n) is 2.85. The number of amides is 1. The number of carbonyl (C=O) groups excluding carboxylic acids is 1. The molecule has 0 aliphatic heterocycles. The van der Waals surface area contributed by atoms with E-state index in [0.717, 1.165) is 6.42 Å². The molecule has 0 aromatic carbocycles. The molecule has 11 heavy (non-hydrogen) atoms. The van der Waals surface area contributed by atoms with Crippen molar-refractivity contribution in [2.45, 2.75) is 12.5 Å². The van der Waals surface area contributed by atoms with Crippen molar-refractivity contribution in [3.63, 3.8) is 0 Å². The summed E-state index contributed by atoms with van der Waals surface area (Å²) in [7, 11) is 0. The van der Waals surface area contributed by atoms with Crippen LogP contribution in [0.4, 0.5) is 0 Å². The summed E-state index contributed by atoms with van der Waals surface area (Å²) in [5, 5.41) is 0. The third-order valence-corrected chi connectivity index (χ3v) is 2.85. The molecule has 1 fully saturated rings. The van der Waals surface area contributed by atoms with Crippen LogP contribution in [0.2, 0.25) is 0 Å². The van der Waals surface area contributed by atoms with Gasteiger partial charge in [0.05, 0.1) is 5.92 Å². The van der Waals surface area contributed by atoms with E-state index in [1.165, 1.54) is 0 Å². The smallest absolute Gasteiger partial charge is 0.222 e. The molecule has 2 rings (SSSR count). The van der Waals surface area contributed by atoms with Gasteiger partial charge in [-0.1, -0.05) is 12.2 Å². The normalized spacial score (nSPS) is 46.6. The average molecular weight is 152 g/mol. The quantitative estimate of drug-likeness (QED) is 0.503. The van der Waals surface area contributed by atoms with Crippen LogP contribution < -0.4 is 11.5 Å². The number of hydrogen-bond acceptors (Lipinski definition) is 2. The molecule has 0 aromatic heterocycles. The Bertz CT molecular complexity index is 224. The van der Waals surface area contributed by atoms with Crippen LogP contribution in [-0.4, -0.2) is 11.9 Å². The Morgan fingerprint density at radius 3 is 2.36 bits per heavy atom. The summed E-state index contributed by atoms with van der Waals surface area (Å²) < 4.78 is 0. The van der Waals surface area contributed by atoms with Gasteiger partial charge in [0.25, 0.3) is 0 Å². The maximum atomic E-state index is 10.9. The number of carbonyl (C=O) groups is 1. The Labute approximate surface area is 65.4 Å². The van der Waals surface area contributed by atoms with Crippen LogP contribution >= 0.6 is 0 Å². The Morgan fingerprint density at radius 1 is 1.36 bits per heavy atom. The molecule has 2 bridgehead atoms. The van der Waals surface area contributed by atoms with Crippen molar-refractivity contribution in [2.24, 2.45) is 29.2 Å². The van der Waals surface area contributed by atoms with Gasteiger partial charge in [-0.15, -0.1) is 0 Å². The number of rotatable bonds is 1. The zero-order valence-corrected chi connectivity index (χ0v) is 6.23. The van der Waals surface area contributed by atoms with Gasteiger partial charge in [0.15, 0.2) is 0 Å². The fourth-order valence-corrected chi connectivity index (χ4v) is 2.26. The van der Waals surface area contributed by atoms with Crippen LogP contribution in [0.15, 0.2) is 12.2 Å². The van der Waals surface area contributed by atoms with E-state index in [1.807, 2.05) is 0 Å². The Hall–Kier alpha value is -0.830. The molecule has 0 unspecified atom stereocenters. The van der Waals surface area contributed by atoms with Gasteiger partial charge in [-0.25, -0.2) is 0 Å². The molecule has 0 aromatic rings. The molecule has 1 saturated carbocycles. The second-order valence-electron chi connectivity index (χ2n) is 3.45. The number of hydrogen-bond donors (Lipinski definition) is 2. The first-order valence-electron chi connectivity index (χ1n) is 3.93. The van der Waals surface area contributed by atoms with E-state index < -0.39 is 0 Å². The lowest BCUT2D eigenvalue weighted by molar-refractivity contribution is -0.122. The fourth-order valence-electron chi connectivity index (χ4n) is 2.26. The van der Waals surface area contributed by atoms with Crippen LogP contribution in [0, 0.1) is 17.8 Å². The maximum Gasteiger partial charge on any atom is 0.222 e. The summed E-state index contributed by atoms with van der Waals surface area (Å²) >= 11 is 0. The van der Waals surface area contributed by atoms with Gasteiger partial charge in [0.1, 0.15) is 0 Å². The van der Waals surface area contributed by atoms with E-state index in [9.17, 15) is 4.79 Å². The second-order valence-corrected chi connectivity index (χ2v) is 3.45. The maximum absolute atomic E-state index is 10.9. The average Bonchev–Trinajstić information content (AvgIpc) is 2.44. The summed E-state index contributed by atoms with van der Waals surface area (Å²) in [5.74, 6) is 0.379. The molecule has 0 saturated heterocycles. The molecule has 1 amide bonds. The monoisotopic (exact) mass is 152 g/mol. The van der Waals surface area contributed by atoms with Crippen molar-refractivity contribution in [3.05, 3.63) is 12.2 Å². The number of fused-ring (bicyclic) bond motifs is 2. The van der Waals surface area contributed by atoms with E-state index in [-0.39, 0.29) is 17.9 Å². The predicted molar refractivity (Wildman–Crippen MR) is 41.4 cm³/mol. The van der Waals surface area contributed by atoms with Gasteiger partial charge in [-0.3, -0.25) is 4.79 Å². The molecule has 60 valence electrons. The molecule has 0 spiro atoms. The van der Waals surface area contributed by atoms with Crippen molar-refractivity contribution in [2.75, 3.05) is 0 Å². The Balaban J connectivity index is 2.25. The lowest BCUT2D eigenvalue weighted by Gasteiger charge is -2.20. The summed E-state index contributed by atoms with van der Waals surface area (Å²) in [4.78, 5) is 10.9. The second kappa shape index (κ2) is 2.08.